The summed E-state index contributed by atoms with van der Waals surface area (Å²) in [4.78, 5) is 25.4. The average Bonchev–Trinajstić information content (AvgIpc) is 3.19. The summed E-state index contributed by atoms with van der Waals surface area (Å²) in [5, 5.41) is 2.97. The molecule has 2 aromatic carbocycles. The molecule has 2 heterocycles. The number of anilines is 1. The van der Waals surface area contributed by atoms with Crippen molar-refractivity contribution in [2.75, 3.05) is 5.32 Å². The highest BCUT2D eigenvalue weighted by atomic mass is 16.2. The van der Waals surface area contributed by atoms with Gasteiger partial charge in [-0.1, -0.05) is 37.3 Å². The SMILES string of the molecule is CCc1ccccc1NC(=O)CCn1c(=O)c2cccn2c2ccccc21. The average molecular weight is 359 g/mol. The minimum Gasteiger partial charge on any atom is -0.326 e. The number of nitrogens with one attached hydrogen (secondary N) is 1. The molecule has 0 unspecified atom stereocenters. The lowest BCUT2D eigenvalue weighted by atomic mass is 10.1. The van der Waals surface area contributed by atoms with Gasteiger partial charge >= 0.3 is 0 Å². The van der Waals surface area contributed by atoms with Crippen molar-refractivity contribution in [1.82, 2.24) is 8.97 Å². The van der Waals surface area contributed by atoms with Crippen molar-refractivity contribution in [3.63, 3.8) is 0 Å². The Kier molecular flexibility index (Phi) is 4.50. The molecule has 1 N–H and O–H groups in total. The molecule has 0 saturated heterocycles. The van der Waals surface area contributed by atoms with Crippen molar-refractivity contribution in [2.24, 2.45) is 0 Å². The number of amides is 1. The lowest BCUT2D eigenvalue weighted by Crippen LogP contribution is -2.25. The first-order valence-corrected chi connectivity index (χ1v) is 9.15. The third-order valence-electron chi connectivity index (χ3n) is 4.88. The number of carbonyl (C=O) groups excluding carboxylic acids is 1. The van der Waals surface area contributed by atoms with Crippen LogP contribution < -0.4 is 10.9 Å². The van der Waals surface area contributed by atoms with Crippen LogP contribution in [0, 0.1) is 0 Å². The van der Waals surface area contributed by atoms with Crippen LogP contribution in [0.3, 0.4) is 0 Å². The fourth-order valence-corrected chi connectivity index (χ4v) is 3.51. The zero-order valence-electron chi connectivity index (χ0n) is 15.2. The summed E-state index contributed by atoms with van der Waals surface area (Å²) >= 11 is 0. The second-order valence-corrected chi connectivity index (χ2v) is 6.52. The number of aromatic nitrogens is 2. The Labute approximate surface area is 156 Å². The van der Waals surface area contributed by atoms with Gasteiger partial charge in [-0.15, -0.1) is 0 Å². The molecule has 2 aromatic heterocycles. The molecule has 1 amide bonds. The zero-order valence-corrected chi connectivity index (χ0v) is 15.2. The van der Waals surface area contributed by atoms with E-state index in [9.17, 15) is 9.59 Å². The minimum atomic E-state index is -0.0952. The first-order chi connectivity index (χ1) is 13.2. The van der Waals surface area contributed by atoms with Crippen LogP contribution in [0.2, 0.25) is 0 Å². The maximum atomic E-state index is 12.9. The Morgan fingerprint density at radius 2 is 1.63 bits per heavy atom. The second-order valence-electron chi connectivity index (χ2n) is 6.52. The second kappa shape index (κ2) is 7.11. The van der Waals surface area contributed by atoms with E-state index < -0.39 is 0 Å². The molecule has 4 aromatic rings. The molecule has 4 rings (SSSR count). The smallest absolute Gasteiger partial charge is 0.275 e. The number of para-hydroxylation sites is 3. The molecule has 0 saturated carbocycles. The summed E-state index contributed by atoms with van der Waals surface area (Å²) in [6.45, 7) is 2.39. The van der Waals surface area contributed by atoms with Crippen LogP contribution in [-0.2, 0) is 17.8 Å². The fourth-order valence-electron chi connectivity index (χ4n) is 3.51. The standard InChI is InChI=1S/C22H21N3O2/c1-2-16-8-3-4-9-17(16)23-21(26)13-15-25-19-11-6-5-10-18(19)24-14-7-12-20(24)22(25)27/h3-12,14H,2,13,15H2,1H3,(H,23,26). The van der Waals surface area contributed by atoms with Crippen LogP contribution in [0.1, 0.15) is 18.9 Å². The predicted molar refractivity (Wildman–Crippen MR) is 108 cm³/mol. The Hall–Kier alpha value is -3.34. The minimum absolute atomic E-state index is 0.0829. The third kappa shape index (κ3) is 3.12. The Balaban J connectivity index is 1.62. The number of fused-ring (bicyclic) bond motifs is 3. The van der Waals surface area contributed by atoms with Crippen molar-refractivity contribution in [2.45, 2.75) is 26.3 Å². The molecule has 27 heavy (non-hydrogen) atoms. The summed E-state index contributed by atoms with van der Waals surface area (Å²) in [5.41, 5.74) is 4.25. The van der Waals surface area contributed by atoms with E-state index in [1.54, 1.807) is 4.57 Å². The Morgan fingerprint density at radius 3 is 2.44 bits per heavy atom. The molecule has 0 aliphatic heterocycles. The molecule has 0 bridgehead atoms. The van der Waals surface area contributed by atoms with E-state index in [1.807, 2.05) is 71.3 Å². The molecule has 0 aliphatic rings. The number of aryl methyl sites for hydroxylation is 2. The lowest BCUT2D eigenvalue weighted by Gasteiger charge is -2.13. The lowest BCUT2D eigenvalue weighted by molar-refractivity contribution is -0.116. The van der Waals surface area contributed by atoms with Crippen molar-refractivity contribution in [3.8, 4) is 0 Å². The highest BCUT2D eigenvalue weighted by molar-refractivity contribution is 5.91. The molecule has 5 nitrogen and oxygen atoms in total. The number of hydrogen-bond donors (Lipinski definition) is 1. The molecule has 0 spiro atoms. The molecule has 0 fully saturated rings. The quantitative estimate of drug-likeness (QED) is 0.588. The van der Waals surface area contributed by atoms with Crippen molar-refractivity contribution >= 4 is 28.1 Å². The summed E-state index contributed by atoms with van der Waals surface area (Å²) in [7, 11) is 0. The molecular weight excluding hydrogens is 338 g/mol. The van der Waals surface area contributed by atoms with Gasteiger partial charge in [0, 0.05) is 24.8 Å². The van der Waals surface area contributed by atoms with Gasteiger partial charge < -0.3 is 14.3 Å². The van der Waals surface area contributed by atoms with Gasteiger partial charge in [-0.2, -0.15) is 0 Å². The van der Waals surface area contributed by atoms with E-state index in [2.05, 4.69) is 12.2 Å². The van der Waals surface area contributed by atoms with Gasteiger partial charge in [0.15, 0.2) is 0 Å². The number of hydrogen-bond acceptors (Lipinski definition) is 2. The highest BCUT2D eigenvalue weighted by Gasteiger charge is 2.12. The van der Waals surface area contributed by atoms with E-state index in [-0.39, 0.29) is 17.9 Å². The number of carbonyl (C=O) groups is 1. The normalized spacial score (nSPS) is 11.1. The summed E-state index contributed by atoms with van der Waals surface area (Å²) in [6.07, 6.45) is 2.97. The van der Waals surface area contributed by atoms with Gasteiger partial charge in [0.2, 0.25) is 5.91 Å². The maximum absolute atomic E-state index is 12.9. The predicted octanol–water partition coefficient (Wildman–Crippen LogP) is 3.85. The van der Waals surface area contributed by atoms with Crippen LogP contribution in [0.5, 0.6) is 0 Å². The fraction of sp³-hybridized carbons (Fsp3) is 0.182. The summed E-state index contributed by atoms with van der Waals surface area (Å²) in [6, 6.07) is 19.2. The molecule has 5 heteroatoms. The highest BCUT2D eigenvalue weighted by Crippen LogP contribution is 2.17. The first-order valence-electron chi connectivity index (χ1n) is 9.15. The van der Waals surface area contributed by atoms with Gasteiger partial charge in [0.25, 0.3) is 5.56 Å². The molecule has 0 radical (unpaired) electrons. The number of nitrogens with zero attached hydrogens (tertiary/aromatic N) is 2. The largest absolute Gasteiger partial charge is 0.326 e. The molecular formula is C22H21N3O2. The van der Waals surface area contributed by atoms with Gasteiger partial charge in [0.05, 0.1) is 11.0 Å². The van der Waals surface area contributed by atoms with Crippen molar-refractivity contribution in [1.29, 1.82) is 0 Å². The maximum Gasteiger partial charge on any atom is 0.275 e. The molecule has 0 aliphatic carbocycles. The van der Waals surface area contributed by atoms with Gasteiger partial charge in [-0.05, 0) is 42.3 Å². The molecule has 136 valence electrons. The van der Waals surface area contributed by atoms with E-state index >= 15 is 0 Å². The van der Waals surface area contributed by atoms with E-state index in [1.165, 1.54) is 0 Å². The topological polar surface area (TPSA) is 55.5 Å². The van der Waals surface area contributed by atoms with Gasteiger partial charge in [0.1, 0.15) is 5.52 Å². The van der Waals surface area contributed by atoms with Crippen molar-refractivity contribution < 1.29 is 4.79 Å². The van der Waals surface area contributed by atoms with E-state index in [0.29, 0.717) is 12.1 Å². The van der Waals surface area contributed by atoms with Crippen LogP contribution in [0.15, 0.2) is 71.7 Å². The first kappa shape index (κ1) is 17.1. The van der Waals surface area contributed by atoms with Gasteiger partial charge in [-0.3, -0.25) is 9.59 Å². The zero-order chi connectivity index (χ0) is 18.8. The van der Waals surface area contributed by atoms with E-state index in [0.717, 1.165) is 28.7 Å². The van der Waals surface area contributed by atoms with Gasteiger partial charge in [-0.25, -0.2) is 0 Å². The van der Waals surface area contributed by atoms with Crippen LogP contribution in [0.25, 0.3) is 16.6 Å². The number of rotatable bonds is 5. The Morgan fingerprint density at radius 1 is 0.926 bits per heavy atom. The van der Waals surface area contributed by atoms with E-state index in [4.69, 9.17) is 0 Å². The molecule has 0 atom stereocenters. The van der Waals surface area contributed by atoms with Crippen molar-refractivity contribution in [3.05, 3.63) is 82.8 Å². The van der Waals surface area contributed by atoms with Crippen LogP contribution >= 0.6 is 0 Å². The monoisotopic (exact) mass is 359 g/mol. The Bertz CT molecular complexity index is 1190. The summed E-state index contributed by atoms with van der Waals surface area (Å²) in [5.74, 6) is -0.0952. The third-order valence-corrected chi connectivity index (χ3v) is 4.88. The number of benzene rings is 2. The van der Waals surface area contributed by atoms with Crippen LogP contribution in [0.4, 0.5) is 5.69 Å². The van der Waals surface area contributed by atoms with Crippen LogP contribution in [-0.4, -0.2) is 14.9 Å². The summed E-state index contributed by atoms with van der Waals surface area (Å²) < 4.78 is 3.59.